The SMILES string of the molecule is NS(=O)(=O)c1ccccc1-c1ccc(CNC(=O)C2CCC2C(=O)NCc2ccc(-c3cccs3)s2)cc1. The highest BCUT2D eigenvalue weighted by Gasteiger charge is 2.41. The number of hydrogen-bond acceptors (Lipinski definition) is 6. The zero-order valence-corrected chi connectivity index (χ0v) is 22.9. The number of carbonyl (C=O) groups excluding carboxylic acids is 2. The van der Waals surface area contributed by atoms with Crippen LogP contribution in [0.25, 0.3) is 20.9 Å². The van der Waals surface area contributed by atoms with Crippen molar-refractivity contribution in [2.75, 3.05) is 0 Å². The van der Waals surface area contributed by atoms with Crippen LogP contribution >= 0.6 is 22.7 Å². The zero-order valence-electron chi connectivity index (χ0n) is 20.4. The van der Waals surface area contributed by atoms with Crippen LogP contribution < -0.4 is 15.8 Å². The summed E-state index contributed by atoms with van der Waals surface area (Å²) in [5.74, 6) is -0.860. The molecule has 0 aliphatic heterocycles. The number of nitrogens with two attached hydrogens (primary N) is 1. The number of thiophene rings is 2. The Labute approximate surface area is 229 Å². The van der Waals surface area contributed by atoms with Crippen LogP contribution in [-0.4, -0.2) is 20.2 Å². The number of hydrogen-bond donors (Lipinski definition) is 3. The third kappa shape index (κ3) is 5.88. The predicted molar refractivity (Wildman–Crippen MR) is 151 cm³/mol. The highest BCUT2D eigenvalue weighted by molar-refractivity contribution is 7.89. The number of amides is 2. The Morgan fingerprint density at radius 2 is 1.50 bits per heavy atom. The van der Waals surface area contributed by atoms with Crippen molar-refractivity contribution >= 4 is 44.5 Å². The lowest BCUT2D eigenvalue weighted by atomic mass is 9.72. The lowest BCUT2D eigenvalue weighted by Crippen LogP contribution is -2.47. The third-order valence-electron chi connectivity index (χ3n) is 6.74. The topological polar surface area (TPSA) is 118 Å². The van der Waals surface area contributed by atoms with Gasteiger partial charge in [0.1, 0.15) is 0 Å². The van der Waals surface area contributed by atoms with Gasteiger partial charge in [-0.05, 0) is 53.6 Å². The molecule has 38 heavy (non-hydrogen) atoms. The van der Waals surface area contributed by atoms with E-state index in [0.29, 0.717) is 37.1 Å². The first-order chi connectivity index (χ1) is 18.3. The minimum Gasteiger partial charge on any atom is -0.352 e. The second-order valence-electron chi connectivity index (χ2n) is 9.21. The molecule has 0 bridgehead atoms. The van der Waals surface area contributed by atoms with Gasteiger partial charge in [0.15, 0.2) is 0 Å². The van der Waals surface area contributed by atoms with Crippen molar-refractivity contribution in [2.24, 2.45) is 17.0 Å². The molecule has 2 aromatic carbocycles. The highest BCUT2D eigenvalue weighted by Crippen LogP contribution is 2.35. The minimum absolute atomic E-state index is 0.0670. The fourth-order valence-electron chi connectivity index (χ4n) is 4.53. The molecule has 0 spiro atoms. The van der Waals surface area contributed by atoms with Gasteiger partial charge >= 0.3 is 0 Å². The van der Waals surface area contributed by atoms with E-state index < -0.39 is 10.0 Å². The average Bonchev–Trinajstić information content (AvgIpc) is 3.58. The van der Waals surface area contributed by atoms with E-state index in [1.807, 2.05) is 29.6 Å². The maximum absolute atomic E-state index is 12.8. The Morgan fingerprint density at radius 1 is 0.816 bits per heavy atom. The van der Waals surface area contributed by atoms with Crippen molar-refractivity contribution in [2.45, 2.75) is 30.8 Å². The first-order valence-corrected chi connectivity index (χ1v) is 15.4. The summed E-state index contributed by atoms with van der Waals surface area (Å²) in [5, 5.41) is 13.3. The molecule has 2 unspecified atom stereocenters. The molecule has 4 aromatic rings. The normalized spacial score (nSPS) is 17.0. The average molecular weight is 566 g/mol. The van der Waals surface area contributed by atoms with E-state index in [9.17, 15) is 18.0 Å². The number of sulfonamides is 1. The Balaban J connectivity index is 1.13. The predicted octanol–water partition coefficient (Wildman–Crippen LogP) is 4.75. The number of nitrogens with one attached hydrogen (secondary N) is 2. The summed E-state index contributed by atoms with van der Waals surface area (Å²) in [6, 6.07) is 22.1. The fourth-order valence-corrected chi connectivity index (χ4v) is 7.08. The number of primary sulfonamides is 1. The first-order valence-electron chi connectivity index (χ1n) is 12.2. The van der Waals surface area contributed by atoms with Crippen molar-refractivity contribution in [3.63, 3.8) is 0 Å². The standard InChI is InChI=1S/C28H27N3O4S3/c29-38(34,35)26-6-2-1-4-21(26)19-9-7-18(8-10-19)16-30-27(32)22-12-13-23(22)28(33)31-17-20-11-14-25(37-20)24-5-3-15-36-24/h1-11,14-15,22-23H,12-13,16-17H2,(H,30,32)(H,31,33)(H2,29,34,35). The summed E-state index contributed by atoms with van der Waals surface area (Å²) in [7, 11) is -3.85. The van der Waals surface area contributed by atoms with Gasteiger partial charge in [0.05, 0.1) is 11.4 Å². The van der Waals surface area contributed by atoms with Crippen LogP contribution in [0.2, 0.25) is 0 Å². The van der Waals surface area contributed by atoms with Gasteiger partial charge in [0, 0.05) is 38.6 Å². The van der Waals surface area contributed by atoms with Gasteiger partial charge in [0.25, 0.3) is 0 Å². The van der Waals surface area contributed by atoms with Crippen LogP contribution in [0.3, 0.4) is 0 Å². The van der Waals surface area contributed by atoms with E-state index in [-0.39, 0.29) is 28.5 Å². The Hall–Kier alpha value is -3.31. The van der Waals surface area contributed by atoms with Crippen molar-refractivity contribution < 1.29 is 18.0 Å². The summed E-state index contributed by atoms with van der Waals surface area (Å²) in [6.45, 7) is 0.780. The van der Waals surface area contributed by atoms with Gasteiger partial charge in [-0.1, -0.05) is 48.5 Å². The second kappa shape index (κ2) is 11.2. The Morgan fingerprint density at radius 3 is 2.13 bits per heavy atom. The largest absolute Gasteiger partial charge is 0.352 e. The molecular weight excluding hydrogens is 539 g/mol. The van der Waals surface area contributed by atoms with Gasteiger partial charge in [-0.2, -0.15) is 0 Å². The highest BCUT2D eigenvalue weighted by atomic mass is 32.2. The molecule has 2 aromatic heterocycles. The molecule has 196 valence electrons. The fraction of sp³-hybridized carbons (Fsp3) is 0.214. The van der Waals surface area contributed by atoms with Crippen LogP contribution in [0, 0.1) is 11.8 Å². The van der Waals surface area contributed by atoms with Crippen molar-refractivity contribution in [1.82, 2.24) is 10.6 Å². The lowest BCUT2D eigenvalue weighted by molar-refractivity contribution is -0.140. The lowest BCUT2D eigenvalue weighted by Gasteiger charge is -2.34. The molecule has 10 heteroatoms. The number of carbonyl (C=O) groups is 2. The van der Waals surface area contributed by atoms with E-state index >= 15 is 0 Å². The van der Waals surface area contributed by atoms with Crippen LogP contribution in [0.4, 0.5) is 0 Å². The number of rotatable bonds is 9. The number of benzene rings is 2. The minimum atomic E-state index is -3.85. The molecule has 0 saturated heterocycles. The molecule has 1 aliphatic rings. The maximum Gasteiger partial charge on any atom is 0.238 e. The Bertz CT molecular complexity index is 1540. The Kier molecular flexibility index (Phi) is 7.75. The van der Waals surface area contributed by atoms with Crippen LogP contribution in [-0.2, 0) is 32.7 Å². The van der Waals surface area contributed by atoms with E-state index in [1.165, 1.54) is 15.8 Å². The molecule has 7 nitrogen and oxygen atoms in total. The summed E-state index contributed by atoms with van der Waals surface area (Å²) in [5.41, 5.74) is 2.11. The van der Waals surface area contributed by atoms with Gasteiger partial charge < -0.3 is 10.6 Å². The monoisotopic (exact) mass is 565 g/mol. The van der Waals surface area contributed by atoms with Gasteiger partial charge in [-0.15, -0.1) is 22.7 Å². The summed E-state index contributed by atoms with van der Waals surface area (Å²) in [4.78, 5) is 29.1. The quantitative estimate of drug-likeness (QED) is 0.271. The van der Waals surface area contributed by atoms with Crippen molar-refractivity contribution in [3.8, 4) is 20.9 Å². The van der Waals surface area contributed by atoms with E-state index in [0.717, 1.165) is 10.4 Å². The van der Waals surface area contributed by atoms with Crippen LogP contribution in [0.1, 0.15) is 23.3 Å². The molecule has 2 heterocycles. The molecule has 1 fully saturated rings. The van der Waals surface area contributed by atoms with Gasteiger partial charge in [0.2, 0.25) is 21.8 Å². The third-order valence-corrected chi connectivity index (χ3v) is 9.86. The van der Waals surface area contributed by atoms with Gasteiger partial charge in [-0.25, -0.2) is 13.6 Å². The van der Waals surface area contributed by atoms with Crippen LogP contribution in [0.15, 0.2) is 83.1 Å². The van der Waals surface area contributed by atoms with Crippen molar-refractivity contribution in [3.05, 3.63) is 88.6 Å². The molecule has 2 atom stereocenters. The van der Waals surface area contributed by atoms with Crippen molar-refractivity contribution in [1.29, 1.82) is 0 Å². The first kappa shape index (κ1) is 26.3. The van der Waals surface area contributed by atoms with E-state index in [4.69, 9.17) is 5.14 Å². The zero-order chi connectivity index (χ0) is 26.7. The maximum atomic E-state index is 12.8. The summed E-state index contributed by atoms with van der Waals surface area (Å²) < 4.78 is 23.8. The molecule has 4 N–H and O–H groups in total. The second-order valence-corrected chi connectivity index (χ2v) is 12.9. The van der Waals surface area contributed by atoms with Gasteiger partial charge in [-0.3, -0.25) is 9.59 Å². The molecule has 1 aliphatic carbocycles. The summed E-state index contributed by atoms with van der Waals surface area (Å²) >= 11 is 3.36. The molecule has 0 radical (unpaired) electrons. The smallest absolute Gasteiger partial charge is 0.238 e. The van der Waals surface area contributed by atoms with E-state index in [2.05, 4.69) is 22.8 Å². The molecule has 5 rings (SSSR count). The van der Waals surface area contributed by atoms with Crippen LogP contribution in [0.5, 0.6) is 0 Å². The molecule has 1 saturated carbocycles. The van der Waals surface area contributed by atoms with E-state index in [1.54, 1.807) is 53.0 Å². The molecule has 2 amide bonds. The summed E-state index contributed by atoms with van der Waals surface area (Å²) in [6.07, 6.45) is 1.39. The molecular formula is C28H27N3O4S3.